The molecule has 2 heteroatoms. The van der Waals surface area contributed by atoms with Gasteiger partial charge in [0, 0.05) is 11.7 Å². The van der Waals surface area contributed by atoms with E-state index in [1.54, 1.807) is 0 Å². The fourth-order valence-electron chi connectivity index (χ4n) is 1.50. The number of nitrogens with zero attached hydrogens (tertiary/aromatic N) is 2. The summed E-state index contributed by atoms with van der Waals surface area (Å²) in [5.41, 5.74) is 3.90. The van der Waals surface area contributed by atoms with Gasteiger partial charge >= 0.3 is 0 Å². The minimum atomic E-state index is 0.476. The van der Waals surface area contributed by atoms with Crippen molar-refractivity contribution in [2.24, 2.45) is 0 Å². The van der Waals surface area contributed by atoms with Crippen LogP contribution in [0.4, 0.5) is 0 Å². The molecule has 0 amide bonds. The van der Waals surface area contributed by atoms with E-state index in [4.69, 9.17) is 0 Å². The molecular formula is C10H18N2. The maximum Gasteiger partial charge on any atom is 0.0653 e. The fraction of sp³-hybridized carbons (Fsp3) is 0.700. The molecule has 1 rings (SSSR count). The third-order valence-corrected chi connectivity index (χ3v) is 2.37. The van der Waals surface area contributed by atoms with Gasteiger partial charge in [0.05, 0.1) is 5.69 Å². The first kappa shape index (κ1) is 9.30. The van der Waals surface area contributed by atoms with Crippen LogP contribution in [0.3, 0.4) is 0 Å². The Morgan fingerprint density at radius 1 is 1.33 bits per heavy atom. The average molecular weight is 166 g/mol. The second-order valence-corrected chi connectivity index (χ2v) is 3.55. The molecule has 0 bridgehead atoms. The molecule has 0 N–H and O–H groups in total. The highest BCUT2D eigenvalue weighted by molar-refractivity contribution is 5.23. The summed E-state index contributed by atoms with van der Waals surface area (Å²) in [6.45, 7) is 10.8. The van der Waals surface area contributed by atoms with Crippen LogP contribution < -0.4 is 0 Å². The van der Waals surface area contributed by atoms with Crippen LogP contribution in [0, 0.1) is 13.8 Å². The van der Waals surface area contributed by atoms with Crippen molar-refractivity contribution in [2.75, 3.05) is 0 Å². The largest absolute Gasteiger partial charge is 0.267 e. The van der Waals surface area contributed by atoms with Crippen molar-refractivity contribution in [2.45, 2.75) is 47.1 Å². The lowest BCUT2D eigenvalue weighted by atomic mass is 10.2. The molecule has 0 aliphatic heterocycles. The Hall–Kier alpha value is -0.790. The minimum Gasteiger partial charge on any atom is -0.267 e. The molecule has 1 heterocycles. The normalized spacial score (nSPS) is 11.2. The molecule has 1 aromatic heterocycles. The fourth-order valence-corrected chi connectivity index (χ4v) is 1.50. The molecule has 0 saturated carbocycles. The highest BCUT2D eigenvalue weighted by Gasteiger charge is 2.10. The summed E-state index contributed by atoms with van der Waals surface area (Å²) in [4.78, 5) is 0. The lowest BCUT2D eigenvalue weighted by Gasteiger charge is -2.07. The van der Waals surface area contributed by atoms with E-state index in [9.17, 15) is 0 Å². The summed E-state index contributed by atoms with van der Waals surface area (Å²) in [6, 6.07) is 0.476. The van der Waals surface area contributed by atoms with Crippen molar-refractivity contribution in [1.82, 2.24) is 9.78 Å². The first-order valence-electron chi connectivity index (χ1n) is 4.62. The van der Waals surface area contributed by atoms with Crippen molar-refractivity contribution in [3.05, 3.63) is 17.0 Å². The van der Waals surface area contributed by atoms with Gasteiger partial charge < -0.3 is 0 Å². The second kappa shape index (κ2) is 3.30. The Morgan fingerprint density at radius 3 is 2.17 bits per heavy atom. The predicted molar refractivity (Wildman–Crippen MR) is 51.5 cm³/mol. The van der Waals surface area contributed by atoms with Gasteiger partial charge in [-0.2, -0.15) is 5.10 Å². The summed E-state index contributed by atoms with van der Waals surface area (Å²) in [5.74, 6) is 0. The first-order chi connectivity index (χ1) is 5.57. The van der Waals surface area contributed by atoms with Crippen molar-refractivity contribution >= 4 is 0 Å². The van der Waals surface area contributed by atoms with Crippen molar-refractivity contribution in [3.63, 3.8) is 0 Å². The van der Waals surface area contributed by atoms with Crippen LogP contribution in [0.25, 0.3) is 0 Å². The topological polar surface area (TPSA) is 17.8 Å². The number of aryl methyl sites for hydroxylation is 1. The number of hydrogen-bond acceptors (Lipinski definition) is 1. The predicted octanol–water partition coefficient (Wildman–Crippen LogP) is 2.64. The molecule has 0 atom stereocenters. The molecule has 0 spiro atoms. The van der Waals surface area contributed by atoms with E-state index < -0.39 is 0 Å². The van der Waals surface area contributed by atoms with Crippen LogP contribution in [-0.2, 0) is 6.42 Å². The molecule has 0 saturated heterocycles. The van der Waals surface area contributed by atoms with Crippen molar-refractivity contribution in [3.8, 4) is 0 Å². The number of hydrogen-bond donors (Lipinski definition) is 0. The molecule has 0 radical (unpaired) electrons. The molecular weight excluding hydrogens is 148 g/mol. The van der Waals surface area contributed by atoms with Gasteiger partial charge in [-0.3, -0.25) is 4.68 Å². The Morgan fingerprint density at radius 2 is 1.92 bits per heavy atom. The van der Waals surface area contributed by atoms with Crippen LogP contribution in [0.15, 0.2) is 0 Å². The quantitative estimate of drug-likeness (QED) is 0.660. The lowest BCUT2D eigenvalue weighted by molar-refractivity contribution is 0.514. The highest BCUT2D eigenvalue weighted by Crippen LogP contribution is 2.16. The van der Waals surface area contributed by atoms with Crippen LogP contribution in [0.1, 0.15) is 43.8 Å². The zero-order chi connectivity index (χ0) is 9.30. The Bertz CT molecular complexity index is 272. The van der Waals surface area contributed by atoms with Crippen molar-refractivity contribution in [1.29, 1.82) is 0 Å². The van der Waals surface area contributed by atoms with E-state index in [-0.39, 0.29) is 0 Å². The molecule has 12 heavy (non-hydrogen) atoms. The summed E-state index contributed by atoms with van der Waals surface area (Å²) < 4.78 is 2.11. The molecule has 0 fully saturated rings. The molecule has 0 aliphatic rings. The summed E-state index contributed by atoms with van der Waals surface area (Å²) >= 11 is 0. The highest BCUT2D eigenvalue weighted by atomic mass is 15.3. The molecule has 2 nitrogen and oxygen atoms in total. The molecule has 1 aromatic rings. The third-order valence-electron chi connectivity index (χ3n) is 2.37. The van der Waals surface area contributed by atoms with Gasteiger partial charge in [0.15, 0.2) is 0 Å². The summed E-state index contributed by atoms with van der Waals surface area (Å²) in [7, 11) is 0. The van der Waals surface area contributed by atoms with E-state index in [1.807, 2.05) is 0 Å². The van der Waals surface area contributed by atoms with Crippen LogP contribution in [0.2, 0.25) is 0 Å². The van der Waals surface area contributed by atoms with Gasteiger partial charge in [0.2, 0.25) is 0 Å². The zero-order valence-electron chi connectivity index (χ0n) is 8.68. The SMILES string of the molecule is CCc1nn(C(C)C)c(C)c1C. The van der Waals surface area contributed by atoms with E-state index in [2.05, 4.69) is 44.4 Å². The average Bonchev–Trinajstić information content (AvgIpc) is 2.30. The zero-order valence-corrected chi connectivity index (χ0v) is 8.68. The number of rotatable bonds is 2. The standard InChI is InChI=1S/C10H18N2/c1-6-10-8(4)9(5)12(11-10)7(2)3/h7H,6H2,1-5H3. The van der Waals surface area contributed by atoms with Gasteiger partial charge in [0.1, 0.15) is 0 Å². The van der Waals surface area contributed by atoms with E-state index in [0.29, 0.717) is 6.04 Å². The van der Waals surface area contributed by atoms with E-state index in [1.165, 1.54) is 17.0 Å². The molecule has 68 valence electrons. The third kappa shape index (κ3) is 1.38. The Kier molecular flexibility index (Phi) is 2.55. The van der Waals surface area contributed by atoms with Gasteiger partial charge in [-0.05, 0) is 39.7 Å². The van der Waals surface area contributed by atoms with Crippen LogP contribution in [0.5, 0.6) is 0 Å². The van der Waals surface area contributed by atoms with E-state index in [0.717, 1.165) is 6.42 Å². The van der Waals surface area contributed by atoms with Gasteiger partial charge in [-0.25, -0.2) is 0 Å². The minimum absolute atomic E-state index is 0.476. The summed E-state index contributed by atoms with van der Waals surface area (Å²) in [6.07, 6.45) is 1.03. The summed E-state index contributed by atoms with van der Waals surface area (Å²) in [5, 5.41) is 4.54. The second-order valence-electron chi connectivity index (χ2n) is 3.55. The Labute approximate surface area is 74.6 Å². The first-order valence-corrected chi connectivity index (χ1v) is 4.62. The van der Waals surface area contributed by atoms with Crippen LogP contribution >= 0.6 is 0 Å². The number of aromatic nitrogens is 2. The maximum atomic E-state index is 4.54. The molecule has 0 aliphatic carbocycles. The Balaban J connectivity index is 3.16. The van der Waals surface area contributed by atoms with Crippen LogP contribution in [-0.4, -0.2) is 9.78 Å². The smallest absolute Gasteiger partial charge is 0.0653 e. The molecule has 0 unspecified atom stereocenters. The van der Waals surface area contributed by atoms with Gasteiger partial charge in [-0.15, -0.1) is 0 Å². The van der Waals surface area contributed by atoms with E-state index >= 15 is 0 Å². The van der Waals surface area contributed by atoms with Gasteiger partial charge in [0.25, 0.3) is 0 Å². The monoisotopic (exact) mass is 166 g/mol. The van der Waals surface area contributed by atoms with Crippen molar-refractivity contribution < 1.29 is 0 Å². The molecule has 0 aromatic carbocycles. The maximum absolute atomic E-state index is 4.54. The van der Waals surface area contributed by atoms with Gasteiger partial charge in [-0.1, -0.05) is 6.92 Å². The lowest BCUT2D eigenvalue weighted by Crippen LogP contribution is -2.05.